The fourth-order valence-corrected chi connectivity index (χ4v) is 0.595. The lowest BCUT2D eigenvalue weighted by Crippen LogP contribution is -1.92. The van der Waals surface area contributed by atoms with Crippen LogP contribution in [-0.2, 0) is 6.54 Å². The van der Waals surface area contributed by atoms with Crippen molar-refractivity contribution in [3.05, 3.63) is 23.7 Å². The Bertz CT molecular complexity index is 171. The van der Waals surface area contributed by atoms with Crippen molar-refractivity contribution in [1.82, 2.24) is 6.15 Å². The molecule has 0 radical (unpaired) electrons. The summed E-state index contributed by atoms with van der Waals surface area (Å²) in [5, 5.41) is 0. The maximum absolute atomic E-state index is 5.27. The van der Waals surface area contributed by atoms with Crippen molar-refractivity contribution >= 4 is 0 Å². The van der Waals surface area contributed by atoms with Crippen LogP contribution in [0.1, 0.15) is 11.5 Å². The summed E-state index contributed by atoms with van der Waals surface area (Å²) in [6.07, 6.45) is 0. The van der Waals surface area contributed by atoms with E-state index in [0.717, 1.165) is 11.5 Å². The first-order valence-corrected chi connectivity index (χ1v) is 2.58. The Hall–Kier alpha value is -0.800. The summed E-state index contributed by atoms with van der Waals surface area (Å²) in [5.41, 5.74) is 5.27. The van der Waals surface area contributed by atoms with E-state index in [2.05, 4.69) is 0 Å². The largest absolute Gasteiger partial charge is 0.465 e. The molecule has 0 atom stereocenters. The number of nitrogens with two attached hydrogens (primary N) is 1. The standard InChI is InChI=1S/C6H9NO.H3N/c1-5-2-3-6(4-7)8-5;/h2-3H,4,7H2,1H3;1H3. The van der Waals surface area contributed by atoms with E-state index in [1.54, 1.807) is 0 Å². The van der Waals surface area contributed by atoms with Crippen molar-refractivity contribution in [2.45, 2.75) is 13.5 Å². The summed E-state index contributed by atoms with van der Waals surface area (Å²) in [6, 6.07) is 3.79. The Morgan fingerprint density at radius 3 is 2.44 bits per heavy atom. The zero-order valence-electron chi connectivity index (χ0n) is 5.55. The minimum Gasteiger partial charge on any atom is -0.465 e. The molecule has 3 heteroatoms. The topological polar surface area (TPSA) is 74.2 Å². The van der Waals surface area contributed by atoms with Gasteiger partial charge in [-0.3, -0.25) is 0 Å². The summed E-state index contributed by atoms with van der Waals surface area (Å²) >= 11 is 0. The second kappa shape index (κ2) is 3.27. The lowest BCUT2D eigenvalue weighted by Gasteiger charge is -1.83. The molecule has 0 aliphatic rings. The normalized spacial score (nSPS) is 8.67. The maximum atomic E-state index is 5.27. The highest BCUT2D eigenvalue weighted by atomic mass is 16.3. The van der Waals surface area contributed by atoms with E-state index in [9.17, 15) is 0 Å². The number of furan rings is 1. The minimum absolute atomic E-state index is 0. The first-order valence-electron chi connectivity index (χ1n) is 2.58. The Morgan fingerprint density at radius 2 is 2.22 bits per heavy atom. The lowest BCUT2D eigenvalue weighted by atomic mass is 10.4. The van der Waals surface area contributed by atoms with Crippen molar-refractivity contribution in [1.29, 1.82) is 0 Å². The van der Waals surface area contributed by atoms with Crippen molar-refractivity contribution in [3.63, 3.8) is 0 Å². The fourth-order valence-electron chi connectivity index (χ4n) is 0.595. The Labute approximate surface area is 54.4 Å². The zero-order chi connectivity index (χ0) is 5.98. The van der Waals surface area contributed by atoms with E-state index in [-0.39, 0.29) is 6.15 Å². The second-order valence-corrected chi connectivity index (χ2v) is 1.72. The van der Waals surface area contributed by atoms with Crippen LogP contribution in [0.15, 0.2) is 16.5 Å². The van der Waals surface area contributed by atoms with Crippen LogP contribution in [0.2, 0.25) is 0 Å². The molecule has 0 unspecified atom stereocenters. The van der Waals surface area contributed by atoms with Gasteiger partial charge < -0.3 is 16.3 Å². The Morgan fingerprint density at radius 1 is 1.56 bits per heavy atom. The highest BCUT2D eigenvalue weighted by molar-refractivity contribution is 5.04. The number of hydrogen-bond donors (Lipinski definition) is 2. The van der Waals surface area contributed by atoms with Crippen LogP contribution < -0.4 is 11.9 Å². The predicted octanol–water partition coefficient (Wildman–Crippen LogP) is 1.21. The zero-order valence-corrected chi connectivity index (χ0v) is 5.55. The molecule has 9 heavy (non-hydrogen) atoms. The van der Waals surface area contributed by atoms with E-state index in [1.807, 2.05) is 19.1 Å². The first-order chi connectivity index (χ1) is 3.83. The maximum Gasteiger partial charge on any atom is 0.117 e. The molecule has 1 rings (SSSR count). The molecule has 0 aromatic carbocycles. The minimum atomic E-state index is 0. The summed E-state index contributed by atoms with van der Waals surface area (Å²) in [4.78, 5) is 0. The highest BCUT2D eigenvalue weighted by Crippen LogP contribution is 2.03. The van der Waals surface area contributed by atoms with Gasteiger partial charge >= 0.3 is 0 Å². The Kier molecular flexibility index (Phi) is 2.98. The molecule has 0 aliphatic heterocycles. The highest BCUT2D eigenvalue weighted by Gasteiger charge is 1.91. The molecule has 0 aliphatic carbocycles. The third-order valence-corrected chi connectivity index (χ3v) is 0.997. The predicted molar refractivity (Wildman–Crippen MR) is 36.4 cm³/mol. The summed E-state index contributed by atoms with van der Waals surface area (Å²) in [6.45, 7) is 2.40. The lowest BCUT2D eigenvalue weighted by molar-refractivity contribution is 0.485. The quantitative estimate of drug-likeness (QED) is 0.597. The van der Waals surface area contributed by atoms with E-state index < -0.39 is 0 Å². The van der Waals surface area contributed by atoms with Gasteiger partial charge in [0.2, 0.25) is 0 Å². The van der Waals surface area contributed by atoms with Gasteiger partial charge in [0.1, 0.15) is 11.5 Å². The first kappa shape index (κ1) is 8.20. The molecule has 5 N–H and O–H groups in total. The van der Waals surface area contributed by atoms with E-state index in [4.69, 9.17) is 10.2 Å². The van der Waals surface area contributed by atoms with Crippen LogP contribution in [0.25, 0.3) is 0 Å². The van der Waals surface area contributed by atoms with Crippen LogP contribution in [0.4, 0.5) is 0 Å². The monoisotopic (exact) mass is 128 g/mol. The molecule has 1 aromatic heterocycles. The molecular formula is C6H12N2O. The molecule has 3 nitrogen and oxygen atoms in total. The molecule has 0 bridgehead atoms. The van der Waals surface area contributed by atoms with Gasteiger partial charge in [-0.1, -0.05) is 0 Å². The fraction of sp³-hybridized carbons (Fsp3) is 0.333. The molecular weight excluding hydrogens is 116 g/mol. The van der Waals surface area contributed by atoms with Gasteiger partial charge in [0.05, 0.1) is 6.54 Å². The molecule has 0 spiro atoms. The number of rotatable bonds is 1. The van der Waals surface area contributed by atoms with E-state index in [0.29, 0.717) is 6.54 Å². The van der Waals surface area contributed by atoms with Gasteiger partial charge in [-0.25, -0.2) is 0 Å². The average molecular weight is 128 g/mol. The smallest absolute Gasteiger partial charge is 0.117 e. The van der Waals surface area contributed by atoms with Crippen LogP contribution in [0, 0.1) is 6.92 Å². The third-order valence-electron chi connectivity index (χ3n) is 0.997. The summed E-state index contributed by atoms with van der Waals surface area (Å²) in [5.74, 6) is 1.77. The molecule has 1 aromatic rings. The number of aryl methyl sites for hydroxylation is 1. The molecule has 0 amide bonds. The Balaban J connectivity index is 0.000000640. The van der Waals surface area contributed by atoms with Gasteiger partial charge in [-0.05, 0) is 19.1 Å². The van der Waals surface area contributed by atoms with Crippen molar-refractivity contribution in [2.24, 2.45) is 5.73 Å². The van der Waals surface area contributed by atoms with Crippen molar-refractivity contribution < 1.29 is 4.42 Å². The van der Waals surface area contributed by atoms with Gasteiger partial charge in [0.25, 0.3) is 0 Å². The van der Waals surface area contributed by atoms with Crippen molar-refractivity contribution in [3.8, 4) is 0 Å². The third kappa shape index (κ3) is 1.87. The van der Waals surface area contributed by atoms with Gasteiger partial charge in [-0.2, -0.15) is 0 Å². The van der Waals surface area contributed by atoms with E-state index in [1.165, 1.54) is 0 Å². The van der Waals surface area contributed by atoms with Crippen LogP contribution in [0.3, 0.4) is 0 Å². The van der Waals surface area contributed by atoms with Crippen LogP contribution in [0.5, 0.6) is 0 Å². The van der Waals surface area contributed by atoms with Gasteiger partial charge in [-0.15, -0.1) is 0 Å². The molecule has 0 saturated heterocycles. The van der Waals surface area contributed by atoms with Crippen LogP contribution >= 0.6 is 0 Å². The number of hydrogen-bond acceptors (Lipinski definition) is 3. The average Bonchev–Trinajstić information content (AvgIpc) is 2.14. The second-order valence-electron chi connectivity index (χ2n) is 1.72. The molecule has 52 valence electrons. The van der Waals surface area contributed by atoms with E-state index >= 15 is 0 Å². The molecule has 1 heterocycles. The van der Waals surface area contributed by atoms with Gasteiger partial charge in [0.15, 0.2) is 0 Å². The molecule has 0 fully saturated rings. The molecule has 0 saturated carbocycles. The SMILES string of the molecule is Cc1ccc(CN)o1.N. The van der Waals surface area contributed by atoms with Crippen molar-refractivity contribution in [2.75, 3.05) is 0 Å². The van der Waals surface area contributed by atoms with Gasteiger partial charge in [0, 0.05) is 0 Å². The summed E-state index contributed by atoms with van der Waals surface area (Å²) < 4.78 is 5.11. The summed E-state index contributed by atoms with van der Waals surface area (Å²) in [7, 11) is 0. The van der Waals surface area contributed by atoms with Crippen LogP contribution in [-0.4, -0.2) is 0 Å².